The minimum absolute atomic E-state index is 0.00650. The van der Waals surface area contributed by atoms with E-state index < -0.39 is 0 Å². The summed E-state index contributed by atoms with van der Waals surface area (Å²) in [6.45, 7) is 0. The molecule has 1 N–H and O–H groups in total. The lowest BCUT2D eigenvalue weighted by molar-refractivity contribution is -0.109. The van der Waals surface area contributed by atoms with Crippen molar-refractivity contribution in [3.63, 3.8) is 0 Å². The number of halogens is 2. The first-order valence-corrected chi connectivity index (χ1v) is 7.44. The van der Waals surface area contributed by atoms with Gasteiger partial charge in [0.05, 0.1) is 23.0 Å². The molecule has 106 valence electrons. The molecule has 1 spiro atoms. The van der Waals surface area contributed by atoms with E-state index in [9.17, 15) is 4.79 Å². The smallest absolute Gasteiger partial charge is 0.222 e. The second-order valence-electron chi connectivity index (χ2n) is 5.48. The van der Waals surface area contributed by atoms with Crippen LogP contribution in [0.2, 0.25) is 10.3 Å². The van der Waals surface area contributed by atoms with Gasteiger partial charge in [-0.3, -0.25) is 5.32 Å². The number of hydrogen-bond acceptors (Lipinski definition) is 4. The highest BCUT2D eigenvalue weighted by molar-refractivity contribution is 6.33. The van der Waals surface area contributed by atoms with Gasteiger partial charge in [-0.05, 0) is 41.6 Å². The number of aldehydes is 1. The van der Waals surface area contributed by atoms with Crippen molar-refractivity contribution in [1.82, 2.24) is 15.3 Å². The lowest BCUT2D eigenvalue weighted by Crippen LogP contribution is -2.24. The van der Waals surface area contributed by atoms with Gasteiger partial charge in [0.15, 0.2) is 0 Å². The van der Waals surface area contributed by atoms with E-state index >= 15 is 0 Å². The molecule has 4 rings (SSSR count). The molecule has 21 heavy (non-hydrogen) atoms. The normalized spacial score (nSPS) is 21.3. The Morgan fingerprint density at radius 3 is 2.86 bits per heavy atom. The second-order valence-corrected chi connectivity index (χ2v) is 6.22. The number of carbonyl (C=O) groups excluding carboxylic acids is 1. The number of benzene rings is 1. The van der Waals surface area contributed by atoms with Crippen LogP contribution in [0.1, 0.15) is 30.0 Å². The summed E-state index contributed by atoms with van der Waals surface area (Å²) in [6, 6.07) is 5.73. The van der Waals surface area contributed by atoms with Gasteiger partial charge >= 0.3 is 0 Å². The summed E-state index contributed by atoms with van der Waals surface area (Å²) in [5.74, 6) is 0. The van der Waals surface area contributed by atoms with E-state index in [-0.39, 0.29) is 16.9 Å². The molecule has 1 atom stereocenters. The molecule has 4 nitrogen and oxygen atoms in total. The molecular weight excluding hydrogens is 309 g/mol. The third kappa shape index (κ3) is 1.98. The Bertz CT molecular complexity index is 759. The van der Waals surface area contributed by atoms with Gasteiger partial charge in [-0.15, -0.1) is 0 Å². The van der Waals surface area contributed by atoms with Gasteiger partial charge in [0.2, 0.25) is 5.28 Å². The summed E-state index contributed by atoms with van der Waals surface area (Å²) in [6.07, 6.45) is 4.58. The van der Waals surface area contributed by atoms with Crippen LogP contribution in [0, 0.1) is 0 Å². The highest BCUT2D eigenvalue weighted by atomic mass is 35.5. The third-order valence-corrected chi connectivity index (χ3v) is 4.67. The zero-order valence-electron chi connectivity index (χ0n) is 10.9. The number of fused-ring (bicyclic) bond motifs is 2. The summed E-state index contributed by atoms with van der Waals surface area (Å²) >= 11 is 12.0. The van der Waals surface area contributed by atoms with E-state index in [0.29, 0.717) is 10.7 Å². The second kappa shape index (κ2) is 4.50. The van der Waals surface area contributed by atoms with Gasteiger partial charge in [0.1, 0.15) is 6.29 Å². The molecule has 2 aliphatic rings. The highest BCUT2D eigenvalue weighted by Gasteiger charge is 2.51. The minimum Gasteiger partial charge on any atom is -0.301 e. The largest absolute Gasteiger partial charge is 0.301 e. The summed E-state index contributed by atoms with van der Waals surface area (Å²) in [5, 5.41) is 3.99. The molecular formula is C15H11Cl2N3O. The average molecular weight is 320 g/mol. The first kappa shape index (κ1) is 13.2. The highest BCUT2D eigenvalue weighted by Crippen LogP contribution is 2.53. The van der Waals surface area contributed by atoms with Crippen LogP contribution < -0.4 is 5.32 Å². The van der Waals surface area contributed by atoms with E-state index in [1.165, 1.54) is 11.8 Å². The predicted octanol–water partition coefficient (Wildman–Crippen LogP) is 3.28. The van der Waals surface area contributed by atoms with Crippen LogP contribution >= 0.6 is 23.2 Å². The van der Waals surface area contributed by atoms with Crippen LogP contribution in [0.3, 0.4) is 0 Å². The molecule has 1 aromatic heterocycles. The molecule has 2 heterocycles. The van der Waals surface area contributed by atoms with Crippen LogP contribution in [-0.2, 0) is 10.3 Å². The maximum absolute atomic E-state index is 11.3. The minimum atomic E-state index is -0.265. The van der Waals surface area contributed by atoms with Crippen molar-refractivity contribution >= 4 is 29.5 Å². The number of nitrogens with one attached hydrogen (secondary N) is 1. The standard InChI is InChI=1S/C15H11Cl2N3O/c16-11-6-18-14(17)19-13(11)8-1-2-10-9(5-8)12(7-21)20-15(10)3-4-15/h1-2,5-7,12,20H,3-4H2. The van der Waals surface area contributed by atoms with Gasteiger partial charge in [0, 0.05) is 11.1 Å². The summed E-state index contributed by atoms with van der Waals surface area (Å²) in [4.78, 5) is 19.4. The third-order valence-electron chi connectivity index (χ3n) is 4.21. The fraction of sp³-hybridized carbons (Fsp3) is 0.267. The quantitative estimate of drug-likeness (QED) is 0.681. The maximum atomic E-state index is 11.3. The van der Waals surface area contributed by atoms with Crippen molar-refractivity contribution in [3.05, 3.63) is 45.8 Å². The van der Waals surface area contributed by atoms with Crippen molar-refractivity contribution < 1.29 is 4.79 Å². The van der Waals surface area contributed by atoms with E-state index in [4.69, 9.17) is 23.2 Å². The number of aromatic nitrogens is 2. The van der Waals surface area contributed by atoms with E-state index in [0.717, 1.165) is 30.3 Å². The molecule has 0 radical (unpaired) electrons. The molecule has 0 bridgehead atoms. The van der Waals surface area contributed by atoms with Gasteiger partial charge in [-0.2, -0.15) is 0 Å². The maximum Gasteiger partial charge on any atom is 0.222 e. The Kier molecular flexibility index (Phi) is 2.83. The molecule has 1 saturated carbocycles. The first-order valence-electron chi connectivity index (χ1n) is 6.69. The van der Waals surface area contributed by atoms with Gasteiger partial charge < -0.3 is 4.79 Å². The fourth-order valence-corrected chi connectivity index (χ4v) is 3.38. The monoisotopic (exact) mass is 319 g/mol. The lowest BCUT2D eigenvalue weighted by atomic mass is 9.97. The Balaban J connectivity index is 1.86. The zero-order valence-corrected chi connectivity index (χ0v) is 12.4. The van der Waals surface area contributed by atoms with E-state index in [2.05, 4.69) is 21.4 Å². The van der Waals surface area contributed by atoms with Gasteiger partial charge in [-0.25, -0.2) is 9.97 Å². The number of carbonyl (C=O) groups is 1. The van der Waals surface area contributed by atoms with E-state index in [1.807, 2.05) is 12.1 Å². The number of nitrogens with zero attached hydrogens (tertiary/aromatic N) is 2. The summed E-state index contributed by atoms with van der Waals surface area (Å²) in [5.41, 5.74) is 3.65. The van der Waals surface area contributed by atoms with Crippen molar-refractivity contribution in [2.45, 2.75) is 24.4 Å². The summed E-state index contributed by atoms with van der Waals surface area (Å²) < 4.78 is 0. The van der Waals surface area contributed by atoms with Crippen LogP contribution in [0.5, 0.6) is 0 Å². The van der Waals surface area contributed by atoms with E-state index in [1.54, 1.807) is 0 Å². The van der Waals surface area contributed by atoms with Crippen LogP contribution in [0.25, 0.3) is 11.3 Å². The molecule has 1 aromatic carbocycles. The zero-order chi connectivity index (χ0) is 14.6. The Morgan fingerprint density at radius 1 is 1.33 bits per heavy atom. The molecule has 6 heteroatoms. The van der Waals surface area contributed by atoms with Gasteiger partial charge in [-0.1, -0.05) is 23.7 Å². The van der Waals surface area contributed by atoms with Crippen LogP contribution in [0.15, 0.2) is 24.4 Å². The van der Waals surface area contributed by atoms with Crippen molar-refractivity contribution in [3.8, 4) is 11.3 Å². The molecule has 1 aliphatic carbocycles. The lowest BCUT2D eigenvalue weighted by Gasteiger charge is -2.09. The van der Waals surface area contributed by atoms with Gasteiger partial charge in [0.25, 0.3) is 0 Å². The Morgan fingerprint density at radius 2 is 2.14 bits per heavy atom. The van der Waals surface area contributed by atoms with Crippen LogP contribution in [-0.4, -0.2) is 16.3 Å². The SMILES string of the molecule is O=CC1NC2(CC2)c2ccc(-c3nc(Cl)ncc3Cl)cc21. The molecule has 2 aromatic rings. The number of rotatable bonds is 2. The Hall–Kier alpha value is -1.49. The van der Waals surface area contributed by atoms with Crippen molar-refractivity contribution in [1.29, 1.82) is 0 Å². The fourth-order valence-electron chi connectivity index (χ4n) is 3.05. The average Bonchev–Trinajstić information content (AvgIpc) is 3.20. The molecule has 1 aliphatic heterocycles. The molecule has 0 saturated heterocycles. The molecule has 1 fully saturated rings. The molecule has 0 amide bonds. The topological polar surface area (TPSA) is 54.9 Å². The first-order chi connectivity index (χ1) is 10.1. The molecule has 1 unspecified atom stereocenters. The number of hydrogen-bond donors (Lipinski definition) is 1. The van der Waals surface area contributed by atoms with Crippen molar-refractivity contribution in [2.75, 3.05) is 0 Å². The predicted molar refractivity (Wildman–Crippen MR) is 80.3 cm³/mol. The van der Waals surface area contributed by atoms with Crippen LogP contribution in [0.4, 0.5) is 0 Å². The summed E-state index contributed by atoms with van der Waals surface area (Å²) in [7, 11) is 0. The van der Waals surface area contributed by atoms with Crippen molar-refractivity contribution in [2.24, 2.45) is 0 Å². The Labute approximate surface area is 131 Å².